The van der Waals surface area contributed by atoms with Gasteiger partial charge >= 0.3 is 0 Å². The Morgan fingerprint density at radius 1 is 1.13 bits per heavy atom. The van der Waals surface area contributed by atoms with E-state index in [4.69, 9.17) is 4.74 Å². The van der Waals surface area contributed by atoms with E-state index in [2.05, 4.69) is 20.6 Å². The van der Waals surface area contributed by atoms with Crippen LogP contribution in [0.5, 0.6) is 0 Å². The predicted octanol–water partition coefficient (Wildman–Crippen LogP) is 2.70. The molecule has 0 bridgehead atoms. The molecule has 0 saturated carbocycles. The Hall–Kier alpha value is -3.66. The van der Waals surface area contributed by atoms with Crippen LogP contribution >= 0.6 is 0 Å². The van der Waals surface area contributed by atoms with E-state index in [1.165, 1.54) is 23.5 Å². The second kappa shape index (κ2) is 14.5. The number of amides is 3. The average molecular weight is 537 g/mol. The predicted molar refractivity (Wildman–Crippen MR) is 145 cm³/mol. The smallest absolute Gasteiger partial charge is 0.272 e. The Balaban J connectivity index is 1.71. The maximum atomic E-state index is 13.7. The van der Waals surface area contributed by atoms with Crippen LogP contribution in [0, 0.1) is 18.4 Å². The molecule has 1 aromatic carbocycles. The van der Waals surface area contributed by atoms with Gasteiger partial charge in [0.15, 0.2) is 0 Å². The second-order valence-corrected chi connectivity index (χ2v) is 10.3. The summed E-state index contributed by atoms with van der Waals surface area (Å²) in [5.74, 6) is -1.51. The fourth-order valence-corrected chi connectivity index (χ4v) is 4.40. The summed E-state index contributed by atoms with van der Waals surface area (Å²) >= 11 is 0. The average Bonchev–Trinajstić information content (AvgIpc) is 3.37. The van der Waals surface area contributed by atoms with Gasteiger partial charge in [-0.2, -0.15) is 0 Å². The first-order valence-corrected chi connectivity index (χ1v) is 13.4. The molecule has 3 rings (SSSR count). The summed E-state index contributed by atoms with van der Waals surface area (Å²) in [4.78, 5) is 61.0. The lowest BCUT2D eigenvalue weighted by Gasteiger charge is -2.31. The summed E-state index contributed by atoms with van der Waals surface area (Å²) < 4.78 is 5.96. The van der Waals surface area contributed by atoms with Crippen molar-refractivity contribution < 1.29 is 23.9 Å². The molecule has 2 aromatic rings. The zero-order valence-corrected chi connectivity index (χ0v) is 22.9. The fraction of sp³-hybridized carbons (Fsp3) is 0.483. The molecule has 1 aliphatic rings. The van der Waals surface area contributed by atoms with Gasteiger partial charge in [0.05, 0.1) is 31.5 Å². The molecule has 0 unspecified atom stereocenters. The van der Waals surface area contributed by atoms with Crippen molar-refractivity contribution in [1.29, 1.82) is 0 Å². The third-order valence-corrected chi connectivity index (χ3v) is 6.78. The van der Waals surface area contributed by atoms with E-state index < -0.39 is 36.0 Å². The highest BCUT2D eigenvalue weighted by Crippen LogP contribution is 2.26. The number of likely N-dealkylation sites (tertiary alicyclic amines) is 1. The zero-order chi connectivity index (χ0) is 28.4. The van der Waals surface area contributed by atoms with E-state index >= 15 is 0 Å². The summed E-state index contributed by atoms with van der Waals surface area (Å²) in [5.41, 5.74) is 1.08. The van der Waals surface area contributed by atoms with Crippen LogP contribution in [0.3, 0.4) is 0 Å². The van der Waals surface area contributed by atoms with Crippen molar-refractivity contribution in [3.8, 4) is 0 Å². The number of hydrogen-bond donors (Lipinski definition) is 2. The van der Waals surface area contributed by atoms with E-state index in [9.17, 15) is 19.2 Å². The molecule has 0 aliphatic carbocycles. The van der Waals surface area contributed by atoms with Crippen LogP contribution < -0.4 is 10.6 Å². The van der Waals surface area contributed by atoms with Crippen LogP contribution in [-0.4, -0.2) is 63.1 Å². The van der Waals surface area contributed by atoms with Crippen LogP contribution in [0.1, 0.15) is 63.0 Å². The van der Waals surface area contributed by atoms with Gasteiger partial charge in [0.2, 0.25) is 11.8 Å². The SMILES string of the molecule is CC[C@H](C)[C@H](NC(=O)[C@H](CC(C)C)NC(=O)c1cnccn1)C(=O)N1[CH][C@H](OCc2ccccc2)C[C@H]1C=O. The van der Waals surface area contributed by atoms with E-state index in [0.29, 0.717) is 25.9 Å². The lowest BCUT2D eigenvalue weighted by molar-refractivity contribution is -0.139. The highest BCUT2D eigenvalue weighted by Gasteiger charge is 2.41. The van der Waals surface area contributed by atoms with Crippen LogP contribution in [0.4, 0.5) is 0 Å². The van der Waals surface area contributed by atoms with Crippen LogP contribution in [-0.2, 0) is 25.7 Å². The number of ether oxygens (including phenoxy) is 1. The third-order valence-electron chi connectivity index (χ3n) is 6.78. The largest absolute Gasteiger partial charge is 0.371 e. The van der Waals surface area contributed by atoms with Gasteiger partial charge in [-0.05, 0) is 23.8 Å². The van der Waals surface area contributed by atoms with Gasteiger partial charge in [-0.15, -0.1) is 0 Å². The van der Waals surface area contributed by atoms with Gasteiger partial charge in [-0.1, -0.05) is 64.4 Å². The molecule has 1 radical (unpaired) electrons. The minimum atomic E-state index is -0.892. The molecule has 39 heavy (non-hydrogen) atoms. The summed E-state index contributed by atoms with van der Waals surface area (Å²) in [6.45, 7) is 9.66. The Morgan fingerprint density at radius 2 is 1.87 bits per heavy atom. The van der Waals surface area contributed by atoms with Crippen LogP contribution in [0.25, 0.3) is 0 Å². The van der Waals surface area contributed by atoms with Crippen molar-refractivity contribution in [1.82, 2.24) is 25.5 Å². The molecule has 0 spiro atoms. The van der Waals surface area contributed by atoms with E-state index in [1.807, 2.05) is 58.0 Å². The monoisotopic (exact) mass is 536 g/mol. The fourth-order valence-electron chi connectivity index (χ4n) is 4.40. The normalized spacial score (nSPS) is 19.3. The molecule has 1 aliphatic heterocycles. The number of hydrogen-bond acceptors (Lipinski definition) is 7. The maximum absolute atomic E-state index is 13.7. The molecule has 3 amide bonds. The molecule has 1 aromatic heterocycles. The Kier molecular flexibility index (Phi) is 11.1. The van der Waals surface area contributed by atoms with Crippen molar-refractivity contribution in [3.63, 3.8) is 0 Å². The number of benzene rings is 1. The van der Waals surface area contributed by atoms with Crippen molar-refractivity contribution in [2.75, 3.05) is 0 Å². The maximum Gasteiger partial charge on any atom is 0.272 e. The lowest BCUT2D eigenvalue weighted by Crippen LogP contribution is -2.57. The molecule has 1 fully saturated rings. The molecule has 1 saturated heterocycles. The topological polar surface area (TPSA) is 131 Å². The summed E-state index contributed by atoms with van der Waals surface area (Å²) in [6, 6.07) is 7.18. The number of nitrogens with one attached hydrogen (secondary N) is 2. The lowest BCUT2D eigenvalue weighted by atomic mass is 9.96. The Labute approximate surface area is 229 Å². The van der Waals surface area contributed by atoms with Crippen molar-refractivity contribution >= 4 is 24.0 Å². The third kappa shape index (κ3) is 8.41. The van der Waals surface area contributed by atoms with E-state index in [0.717, 1.165) is 11.8 Å². The van der Waals surface area contributed by atoms with Gasteiger partial charge in [0.25, 0.3) is 5.91 Å². The number of carbonyl (C=O) groups is 4. The summed E-state index contributed by atoms with van der Waals surface area (Å²) in [6.07, 6.45) is 5.81. The standard InChI is InChI=1S/C29H38N5O5/c1-5-20(4)26(33-27(36)24(13-19(2)3)32-28(37)25-15-30-11-12-31-25)29(38)34-16-23(14-22(34)17-35)39-18-21-9-7-6-8-10-21/h6-12,15-17,19-20,22-24,26H,5,13-14,18H2,1-4H3,(H,32,37)(H,33,36)/t20-,22-,23+,24-,26-/m0/s1. The number of nitrogens with zero attached hydrogens (tertiary/aromatic N) is 3. The molecule has 10 heteroatoms. The van der Waals surface area contributed by atoms with E-state index in [1.54, 1.807) is 6.54 Å². The minimum Gasteiger partial charge on any atom is -0.371 e. The molecular weight excluding hydrogens is 498 g/mol. The van der Waals surface area contributed by atoms with Crippen LogP contribution in [0.2, 0.25) is 0 Å². The van der Waals surface area contributed by atoms with Gasteiger partial charge in [-0.25, -0.2) is 4.98 Å². The number of aromatic nitrogens is 2. The zero-order valence-electron chi connectivity index (χ0n) is 22.9. The Bertz CT molecular complexity index is 1100. The van der Waals surface area contributed by atoms with E-state index in [-0.39, 0.29) is 23.4 Å². The van der Waals surface area contributed by atoms with Gasteiger partial charge in [0.1, 0.15) is 24.1 Å². The first-order valence-electron chi connectivity index (χ1n) is 13.4. The highest BCUT2D eigenvalue weighted by atomic mass is 16.5. The molecule has 10 nitrogen and oxygen atoms in total. The molecule has 209 valence electrons. The highest BCUT2D eigenvalue weighted by molar-refractivity contribution is 5.97. The quantitative estimate of drug-likeness (QED) is 0.377. The minimum absolute atomic E-state index is 0.0922. The molecule has 2 N–H and O–H groups in total. The molecule has 2 heterocycles. The Morgan fingerprint density at radius 3 is 2.49 bits per heavy atom. The van der Waals surface area contributed by atoms with Crippen molar-refractivity contribution in [2.45, 2.75) is 77.8 Å². The van der Waals surface area contributed by atoms with Crippen molar-refractivity contribution in [2.24, 2.45) is 11.8 Å². The van der Waals surface area contributed by atoms with Gasteiger partial charge < -0.3 is 25.1 Å². The first kappa shape index (κ1) is 29.9. The van der Waals surface area contributed by atoms with Crippen molar-refractivity contribution in [3.05, 3.63) is 66.7 Å². The molecule has 5 atom stereocenters. The first-order chi connectivity index (χ1) is 18.7. The number of carbonyl (C=O) groups excluding carboxylic acids is 4. The number of rotatable bonds is 13. The van der Waals surface area contributed by atoms with Crippen LogP contribution in [0.15, 0.2) is 48.9 Å². The molecular formula is C29H38N5O5. The number of aldehydes is 1. The second-order valence-electron chi connectivity index (χ2n) is 10.3. The van der Waals surface area contributed by atoms with Gasteiger partial charge in [-0.3, -0.25) is 19.4 Å². The summed E-state index contributed by atoms with van der Waals surface area (Å²) in [7, 11) is 0. The summed E-state index contributed by atoms with van der Waals surface area (Å²) in [5, 5.41) is 5.60. The van der Waals surface area contributed by atoms with Gasteiger partial charge in [0, 0.05) is 18.8 Å².